The minimum absolute atomic E-state index is 0.0611. The molecule has 0 aromatic rings. The zero-order valence-corrected chi connectivity index (χ0v) is 21.4. The number of rotatable bonds is 6. The van der Waals surface area contributed by atoms with Gasteiger partial charge in [0.15, 0.2) is 0 Å². The fraction of sp³-hybridized carbons (Fsp3) is 0.926. The van der Waals surface area contributed by atoms with Gasteiger partial charge in [0.2, 0.25) is 11.8 Å². The number of hydrogen-bond donors (Lipinski definition) is 0. The molecule has 0 saturated heterocycles. The lowest BCUT2D eigenvalue weighted by Gasteiger charge is -2.53. The predicted octanol–water partition coefficient (Wildman–Crippen LogP) is 5.50. The molecule has 0 radical (unpaired) electrons. The molecule has 31 heavy (non-hydrogen) atoms. The third-order valence-electron chi connectivity index (χ3n) is 12.0. The van der Waals surface area contributed by atoms with E-state index in [1.54, 1.807) is 0 Å². The van der Waals surface area contributed by atoms with Gasteiger partial charge in [-0.3, -0.25) is 9.59 Å². The van der Waals surface area contributed by atoms with Gasteiger partial charge in [0.1, 0.15) is 0 Å². The summed E-state index contributed by atoms with van der Waals surface area (Å²) < 4.78 is 0. The average Bonchev–Trinajstić information content (AvgIpc) is 3.46. The van der Waals surface area contributed by atoms with Crippen LogP contribution in [0.4, 0.5) is 0 Å². The molecule has 0 heterocycles. The number of hydrogen-bond acceptors (Lipinski definition) is 2. The van der Waals surface area contributed by atoms with Crippen molar-refractivity contribution in [2.24, 2.45) is 34.5 Å². The second-order valence-corrected chi connectivity index (χ2v) is 12.9. The average molecular weight is 431 g/mol. The first-order valence-corrected chi connectivity index (χ1v) is 12.8. The molecule has 0 aliphatic heterocycles. The van der Waals surface area contributed by atoms with Crippen molar-refractivity contribution in [1.29, 1.82) is 0 Å². The van der Waals surface area contributed by atoms with Gasteiger partial charge in [-0.15, -0.1) is 0 Å². The molecule has 0 aromatic carbocycles. The summed E-state index contributed by atoms with van der Waals surface area (Å²) in [5.74, 6) is 3.14. The Bertz CT molecular complexity index is 696. The highest BCUT2D eigenvalue weighted by Gasteiger charge is 2.64. The van der Waals surface area contributed by atoms with E-state index in [0.717, 1.165) is 11.8 Å². The lowest BCUT2D eigenvalue weighted by molar-refractivity contribution is -0.145. The Morgan fingerprint density at radius 2 is 0.968 bits per heavy atom. The third-order valence-corrected chi connectivity index (χ3v) is 12.0. The topological polar surface area (TPSA) is 40.6 Å². The Kier molecular flexibility index (Phi) is 5.38. The molecule has 4 aliphatic carbocycles. The van der Waals surface area contributed by atoms with E-state index in [1.807, 2.05) is 14.1 Å². The van der Waals surface area contributed by atoms with E-state index in [4.69, 9.17) is 0 Å². The molecule has 176 valence electrons. The second kappa shape index (κ2) is 7.22. The maximum atomic E-state index is 13.2. The van der Waals surface area contributed by atoms with Crippen LogP contribution in [0.2, 0.25) is 0 Å². The van der Waals surface area contributed by atoms with Gasteiger partial charge in [-0.2, -0.15) is 0 Å². The molecule has 4 nitrogen and oxygen atoms in total. The summed E-state index contributed by atoms with van der Waals surface area (Å²) in [6, 6.07) is 0. The Balaban J connectivity index is 1.34. The van der Waals surface area contributed by atoms with Crippen molar-refractivity contribution in [2.75, 3.05) is 14.1 Å². The third kappa shape index (κ3) is 2.91. The number of amides is 2. The summed E-state index contributed by atoms with van der Waals surface area (Å²) >= 11 is 0. The number of nitrogens with zero attached hydrogens (tertiary/aromatic N) is 2. The zero-order valence-electron chi connectivity index (χ0n) is 21.4. The smallest absolute Gasteiger partial charge is 0.222 e. The number of fused-ring (bicyclic) bond motifs is 4. The van der Waals surface area contributed by atoms with E-state index in [9.17, 15) is 9.59 Å². The van der Waals surface area contributed by atoms with Crippen LogP contribution < -0.4 is 0 Å². The molecule has 4 aliphatic rings. The normalized spacial score (nSPS) is 41.5. The largest absolute Gasteiger partial charge is 0.340 e. The number of carbonyl (C=O) groups is 2. The summed E-state index contributed by atoms with van der Waals surface area (Å²) in [7, 11) is 4.02. The molecule has 2 amide bonds. The SMILES string of the molecule is CN(C(=O)CCCC(=O)N(C)C1(C)C2CCC(C2)C1(C)C)C1(C)C2CCC(C2)C1(C)C. The van der Waals surface area contributed by atoms with Crippen LogP contribution in [0, 0.1) is 34.5 Å². The zero-order chi connectivity index (χ0) is 23.0. The van der Waals surface area contributed by atoms with E-state index >= 15 is 0 Å². The first-order chi connectivity index (χ1) is 14.3. The van der Waals surface area contributed by atoms with Gasteiger partial charge >= 0.3 is 0 Å². The van der Waals surface area contributed by atoms with E-state index in [1.165, 1.54) is 38.5 Å². The molecule has 4 fully saturated rings. The fourth-order valence-electron chi connectivity index (χ4n) is 8.83. The summed E-state index contributed by atoms with van der Waals surface area (Å²) in [6.07, 6.45) is 9.27. The molecule has 0 spiro atoms. The van der Waals surface area contributed by atoms with Crippen LogP contribution in [-0.2, 0) is 9.59 Å². The molecule has 6 atom stereocenters. The monoisotopic (exact) mass is 430 g/mol. The van der Waals surface area contributed by atoms with Gasteiger partial charge in [0.25, 0.3) is 0 Å². The van der Waals surface area contributed by atoms with E-state index in [2.05, 4.69) is 51.3 Å². The van der Waals surface area contributed by atoms with Gasteiger partial charge in [0, 0.05) is 38.0 Å². The van der Waals surface area contributed by atoms with Crippen molar-refractivity contribution in [3.8, 4) is 0 Å². The Labute approximate surface area is 190 Å². The molecule has 4 heteroatoms. The van der Waals surface area contributed by atoms with Gasteiger partial charge in [0.05, 0.1) is 0 Å². The molecule has 0 aromatic heterocycles. The van der Waals surface area contributed by atoms with Crippen molar-refractivity contribution in [1.82, 2.24) is 9.80 Å². The summed E-state index contributed by atoms with van der Waals surface area (Å²) in [4.78, 5) is 30.5. The molecule has 4 rings (SSSR count). The number of carbonyl (C=O) groups excluding carboxylic acids is 2. The second-order valence-electron chi connectivity index (χ2n) is 12.9. The van der Waals surface area contributed by atoms with E-state index in [0.29, 0.717) is 31.1 Å². The first-order valence-electron chi connectivity index (χ1n) is 12.8. The molecule has 4 saturated carbocycles. The molecule has 6 unspecified atom stereocenters. The van der Waals surface area contributed by atoms with Crippen LogP contribution in [0.25, 0.3) is 0 Å². The summed E-state index contributed by atoms with van der Waals surface area (Å²) in [5.41, 5.74) is 0.208. The lowest BCUT2D eigenvalue weighted by Crippen LogP contribution is -2.60. The van der Waals surface area contributed by atoms with Crippen LogP contribution in [0.1, 0.15) is 99.3 Å². The first kappa shape index (κ1) is 23.1. The molecule has 0 N–H and O–H groups in total. The highest BCUT2D eigenvalue weighted by atomic mass is 16.2. The van der Waals surface area contributed by atoms with E-state index < -0.39 is 0 Å². The van der Waals surface area contributed by atoms with Crippen LogP contribution in [0.5, 0.6) is 0 Å². The summed E-state index contributed by atoms with van der Waals surface area (Å²) in [6.45, 7) is 14.1. The van der Waals surface area contributed by atoms with Gasteiger partial charge < -0.3 is 9.80 Å². The van der Waals surface area contributed by atoms with E-state index in [-0.39, 0.29) is 33.7 Å². The fourth-order valence-corrected chi connectivity index (χ4v) is 8.83. The minimum Gasteiger partial charge on any atom is -0.340 e. The summed E-state index contributed by atoms with van der Waals surface area (Å²) in [5, 5.41) is 0. The quantitative estimate of drug-likeness (QED) is 0.558. The van der Waals surface area contributed by atoms with Gasteiger partial charge in [-0.05, 0) is 93.3 Å². The predicted molar refractivity (Wildman–Crippen MR) is 125 cm³/mol. The van der Waals surface area contributed by atoms with Crippen LogP contribution in [0.3, 0.4) is 0 Å². The van der Waals surface area contributed by atoms with Gasteiger partial charge in [-0.1, -0.05) is 27.7 Å². The van der Waals surface area contributed by atoms with Gasteiger partial charge in [-0.25, -0.2) is 0 Å². The molecular formula is C27H46N2O2. The van der Waals surface area contributed by atoms with Crippen molar-refractivity contribution >= 4 is 11.8 Å². The van der Waals surface area contributed by atoms with Crippen molar-refractivity contribution in [3.63, 3.8) is 0 Å². The minimum atomic E-state index is -0.0611. The van der Waals surface area contributed by atoms with Crippen molar-refractivity contribution in [3.05, 3.63) is 0 Å². The highest BCUT2D eigenvalue weighted by molar-refractivity contribution is 5.80. The van der Waals surface area contributed by atoms with Crippen LogP contribution in [0.15, 0.2) is 0 Å². The maximum Gasteiger partial charge on any atom is 0.222 e. The highest BCUT2D eigenvalue weighted by Crippen LogP contribution is 2.64. The van der Waals surface area contributed by atoms with Crippen LogP contribution in [-0.4, -0.2) is 46.8 Å². The standard InChI is InChI=1S/C27H46N2O2/c1-24(2)18-12-14-20(16-18)26(24,5)28(7)22(30)10-9-11-23(31)29(8)27(6)21-15-13-19(17-21)25(27,3)4/h18-21H,9-17H2,1-8H3. The Morgan fingerprint density at radius 1 is 0.645 bits per heavy atom. The Hall–Kier alpha value is -1.06. The lowest BCUT2D eigenvalue weighted by atomic mass is 9.63. The van der Waals surface area contributed by atoms with Crippen molar-refractivity contribution < 1.29 is 9.59 Å². The van der Waals surface area contributed by atoms with Crippen LogP contribution >= 0.6 is 0 Å². The molecular weight excluding hydrogens is 384 g/mol. The molecule has 4 bridgehead atoms. The van der Waals surface area contributed by atoms with Crippen molar-refractivity contribution in [2.45, 2.75) is 110 Å². The Morgan fingerprint density at radius 3 is 1.26 bits per heavy atom. The maximum absolute atomic E-state index is 13.2.